The van der Waals surface area contributed by atoms with E-state index in [0.717, 1.165) is 23.1 Å². The summed E-state index contributed by atoms with van der Waals surface area (Å²) in [7, 11) is -3.52. The SMILES string of the molecule is CC1=CCC(CCC(C)CO[Si](OCc2ccccc2)(OCc2ccccc2)OCc2ccccc2)C1(C)C. The summed E-state index contributed by atoms with van der Waals surface area (Å²) in [6.07, 6.45) is 5.86. The first-order valence-electron chi connectivity index (χ1n) is 14.2. The zero-order valence-corrected chi connectivity index (χ0v) is 25.0. The Morgan fingerprint density at radius 1 is 0.718 bits per heavy atom. The minimum atomic E-state index is -3.52. The van der Waals surface area contributed by atoms with Crippen LogP contribution in [0, 0.1) is 17.3 Å². The van der Waals surface area contributed by atoms with Gasteiger partial charge in [0.15, 0.2) is 0 Å². The summed E-state index contributed by atoms with van der Waals surface area (Å²) in [5.41, 5.74) is 4.97. The molecular formula is C34H44O4Si. The van der Waals surface area contributed by atoms with Crippen molar-refractivity contribution in [3.05, 3.63) is 119 Å². The second-order valence-corrected chi connectivity index (χ2v) is 13.5. The lowest BCUT2D eigenvalue weighted by Crippen LogP contribution is -2.49. The van der Waals surface area contributed by atoms with Gasteiger partial charge in [0.05, 0.1) is 19.8 Å². The first-order valence-corrected chi connectivity index (χ1v) is 15.8. The van der Waals surface area contributed by atoms with Gasteiger partial charge in [-0.15, -0.1) is 0 Å². The topological polar surface area (TPSA) is 36.9 Å². The van der Waals surface area contributed by atoms with Crippen LogP contribution in [0.2, 0.25) is 0 Å². The lowest BCUT2D eigenvalue weighted by atomic mass is 9.75. The highest BCUT2D eigenvalue weighted by Gasteiger charge is 2.46. The van der Waals surface area contributed by atoms with E-state index in [1.807, 2.05) is 54.6 Å². The number of benzene rings is 3. The molecule has 3 aromatic rings. The summed E-state index contributed by atoms with van der Waals surface area (Å²) in [4.78, 5) is 0. The smallest absolute Gasteiger partial charge is 0.351 e. The summed E-state index contributed by atoms with van der Waals surface area (Å²) in [6.45, 7) is 10.9. The van der Waals surface area contributed by atoms with Gasteiger partial charge < -0.3 is 17.7 Å². The van der Waals surface area contributed by atoms with Crippen LogP contribution in [0.15, 0.2) is 103 Å². The molecule has 0 aliphatic heterocycles. The molecule has 5 heteroatoms. The zero-order valence-electron chi connectivity index (χ0n) is 24.0. The summed E-state index contributed by atoms with van der Waals surface area (Å²) in [5.74, 6) is 1.04. The van der Waals surface area contributed by atoms with Gasteiger partial charge in [0.2, 0.25) is 0 Å². The van der Waals surface area contributed by atoms with E-state index in [0.29, 0.717) is 38.3 Å². The Morgan fingerprint density at radius 2 is 1.15 bits per heavy atom. The normalized spacial score (nSPS) is 17.6. The molecule has 0 amide bonds. The van der Waals surface area contributed by atoms with E-state index in [9.17, 15) is 0 Å². The van der Waals surface area contributed by atoms with Crippen LogP contribution < -0.4 is 0 Å². The maximum absolute atomic E-state index is 6.60. The third kappa shape index (κ3) is 8.72. The lowest BCUT2D eigenvalue weighted by Gasteiger charge is -2.32. The van der Waals surface area contributed by atoms with Crippen LogP contribution in [-0.2, 0) is 37.5 Å². The highest BCUT2D eigenvalue weighted by atomic mass is 28.4. The fourth-order valence-corrected chi connectivity index (χ4v) is 7.00. The number of allylic oxidation sites excluding steroid dienone is 2. The summed E-state index contributed by atoms with van der Waals surface area (Å²) < 4.78 is 26.1. The van der Waals surface area contributed by atoms with Crippen molar-refractivity contribution >= 4 is 9.05 Å². The van der Waals surface area contributed by atoms with Gasteiger partial charge >= 0.3 is 9.05 Å². The minimum Gasteiger partial charge on any atom is -0.351 e. The van der Waals surface area contributed by atoms with E-state index in [-0.39, 0.29) is 5.41 Å². The molecule has 3 aromatic carbocycles. The van der Waals surface area contributed by atoms with Gasteiger partial charge in [0.25, 0.3) is 0 Å². The van der Waals surface area contributed by atoms with E-state index < -0.39 is 9.05 Å². The predicted molar refractivity (Wildman–Crippen MR) is 159 cm³/mol. The fourth-order valence-electron chi connectivity index (χ4n) is 4.98. The zero-order chi connectivity index (χ0) is 27.6. The highest BCUT2D eigenvalue weighted by molar-refractivity contribution is 6.53. The van der Waals surface area contributed by atoms with Crippen molar-refractivity contribution in [2.75, 3.05) is 6.61 Å². The Balaban J connectivity index is 1.46. The first kappa shape index (κ1) is 29.4. The van der Waals surface area contributed by atoms with Gasteiger partial charge in [0.1, 0.15) is 0 Å². The standard InChI is InChI=1S/C34H44O4Si/c1-28(20-22-33-23-21-29(2)34(33,3)4)24-35-39(36-25-30-14-8-5-9-15-30,37-26-31-16-10-6-11-17-31)38-27-32-18-12-7-13-19-32/h5-19,21,28,33H,20,22-27H2,1-4H3. The quantitative estimate of drug-likeness (QED) is 0.142. The highest BCUT2D eigenvalue weighted by Crippen LogP contribution is 2.45. The summed E-state index contributed by atoms with van der Waals surface area (Å²) >= 11 is 0. The molecule has 0 heterocycles. The van der Waals surface area contributed by atoms with Crippen LogP contribution in [0.4, 0.5) is 0 Å². The van der Waals surface area contributed by atoms with Crippen molar-refractivity contribution in [3.63, 3.8) is 0 Å². The van der Waals surface area contributed by atoms with Crippen LogP contribution in [0.1, 0.15) is 63.6 Å². The molecule has 4 nitrogen and oxygen atoms in total. The molecule has 0 saturated carbocycles. The lowest BCUT2D eigenvalue weighted by molar-refractivity contribution is -0.0537. The van der Waals surface area contributed by atoms with E-state index in [1.54, 1.807) is 0 Å². The van der Waals surface area contributed by atoms with Crippen LogP contribution in [0.3, 0.4) is 0 Å². The molecule has 0 N–H and O–H groups in total. The molecule has 0 saturated heterocycles. The molecule has 0 fully saturated rings. The molecule has 0 radical (unpaired) electrons. The van der Waals surface area contributed by atoms with Gasteiger partial charge in [-0.3, -0.25) is 0 Å². The average Bonchev–Trinajstić information content (AvgIpc) is 3.23. The van der Waals surface area contributed by atoms with Crippen molar-refractivity contribution < 1.29 is 17.7 Å². The molecule has 2 unspecified atom stereocenters. The Labute approximate surface area is 236 Å². The largest absolute Gasteiger partial charge is 0.680 e. The Hall–Kier alpha value is -2.54. The Morgan fingerprint density at radius 3 is 1.54 bits per heavy atom. The van der Waals surface area contributed by atoms with Crippen LogP contribution in [0.5, 0.6) is 0 Å². The second kappa shape index (κ2) is 14.2. The van der Waals surface area contributed by atoms with Crippen LogP contribution in [-0.4, -0.2) is 15.7 Å². The number of hydrogen-bond acceptors (Lipinski definition) is 4. The molecule has 1 aliphatic carbocycles. The van der Waals surface area contributed by atoms with Crippen LogP contribution >= 0.6 is 0 Å². The summed E-state index contributed by atoms with van der Waals surface area (Å²) in [6, 6.07) is 30.4. The predicted octanol–water partition coefficient (Wildman–Crippen LogP) is 8.50. The molecule has 1 aliphatic rings. The Kier molecular flexibility index (Phi) is 10.7. The van der Waals surface area contributed by atoms with Crippen molar-refractivity contribution in [1.29, 1.82) is 0 Å². The van der Waals surface area contributed by atoms with Gasteiger partial charge in [-0.1, -0.05) is 123 Å². The van der Waals surface area contributed by atoms with Gasteiger partial charge in [0, 0.05) is 6.61 Å². The Bertz CT molecular complexity index is 1040. The second-order valence-electron chi connectivity index (χ2n) is 11.4. The van der Waals surface area contributed by atoms with E-state index >= 15 is 0 Å². The maximum Gasteiger partial charge on any atom is 0.680 e. The number of hydrogen-bond donors (Lipinski definition) is 0. The van der Waals surface area contributed by atoms with Crippen molar-refractivity contribution in [2.45, 2.75) is 66.8 Å². The van der Waals surface area contributed by atoms with Gasteiger partial charge in [-0.2, -0.15) is 0 Å². The average molecular weight is 545 g/mol. The monoisotopic (exact) mass is 544 g/mol. The van der Waals surface area contributed by atoms with E-state index in [4.69, 9.17) is 17.7 Å². The first-order chi connectivity index (χ1) is 18.9. The van der Waals surface area contributed by atoms with Crippen molar-refractivity contribution in [1.82, 2.24) is 0 Å². The van der Waals surface area contributed by atoms with Gasteiger partial charge in [-0.25, -0.2) is 0 Å². The molecular weight excluding hydrogens is 500 g/mol. The molecule has 39 heavy (non-hydrogen) atoms. The summed E-state index contributed by atoms with van der Waals surface area (Å²) in [5, 5.41) is 0. The molecule has 0 aromatic heterocycles. The van der Waals surface area contributed by atoms with E-state index in [1.165, 1.54) is 18.4 Å². The molecule has 4 rings (SSSR count). The third-order valence-electron chi connectivity index (χ3n) is 8.07. The molecule has 0 bridgehead atoms. The van der Waals surface area contributed by atoms with Crippen LogP contribution in [0.25, 0.3) is 0 Å². The molecule has 0 spiro atoms. The van der Waals surface area contributed by atoms with Crippen molar-refractivity contribution in [2.24, 2.45) is 17.3 Å². The van der Waals surface area contributed by atoms with Crippen molar-refractivity contribution in [3.8, 4) is 0 Å². The third-order valence-corrected chi connectivity index (χ3v) is 10.1. The molecule has 208 valence electrons. The van der Waals surface area contributed by atoms with Gasteiger partial charge in [-0.05, 0) is 60.1 Å². The van der Waals surface area contributed by atoms with E-state index in [2.05, 4.69) is 70.2 Å². The fraction of sp³-hybridized carbons (Fsp3) is 0.412. The molecule has 2 atom stereocenters. The maximum atomic E-state index is 6.60. The number of rotatable bonds is 15. The minimum absolute atomic E-state index is 0.273.